The summed E-state index contributed by atoms with van der Waals surface area (Å²) in [7, 11) is 0. The Morgan fingerprint density at radius 3 is 2.09 bits per heavy atom. The quantitative estimate of drug-likeness (QED) is 0.596. The molecule has 0 aromatic heterocycles. The lowest BCUT2D eigenvalue weighted by Crippen LogP contribution is -2.15. The van der Waals surface area contributed by atoms with Gasteiger partial charge in [-0.25, -0.2) is 0 Å². The average molecular weight is 289 g/mol. The normalized spacial score (nSPS) is 11.6. The smallest absolute Gasteiger partial charge is 0.0390 e. The van der Waals surface area contributed by atoms with Crippen molar-refractivity contribution in [3.8, 4) is 0 Å². The molecule has 3 aromatic rings. The van der Waals surface area contributed by atoms with Crippen molar-refractivity contribution < 1.29 is 0 Å². The van der Waals surface area contributed by atoms with E-state index in [0.29, 0.717) is 0 Å². The molecule has 22 heavy (non-hydrogen) atoms. The maximum atomic E-state index is 3.49. The molecular formula is C21H23N. The van der Waals surface area contributed by atoms with Gasteiger partial charge in [-0.1, -0.05) is 63.2 Å². The molecule has 1 N–H and O–H groups in total. The van der Waals surface area contributed by atoms with Crippen LogP contribution < -0.4 is 5.32 Å². The van der Waals surface area contributed by atoms with Crippen LogP contribution in [0.4, 0.5) is 11.4 Å². The predicted octanol–water partition coefficient (Wildman–Crippen LogP) is 6.27. The molecule has 0 saturated carbocycles. The van der Waals surface area contributed by atoms with E-state index in [9.17, 15) is 0 Å². The Kier molecular flexibility index (Phi) is 3.89. The van der Waals surface area contributed by atoms with E-state index in [2.05, 4.69) is 92.8 Å². The summed E-state index contributed by atoms with van der Waals surface area (Å²) < 4.78 is 0. The number of benzene rings is 3. The second kappa shape index (κ2) is 5.84. The fourth-order valence-electron chi connectivity index (χ4n) is 2.64. The van der Waals surface area contributed by atoms with Crippen molar-refractivity contribution in [3.63, 3.8) is 0 Å². The fourth-order valence-corrected chi connectivity index (χ4v) is 2.64. The summed E-state index contributed by atoms with van der Waals surface area (Å²) in [6.07, 6.45) is 1.14. The summed E-state index contributed by atoms with van der Waals surface area (Å²) in [6.45, 7) is 6.82. The standard InChI is InChI=1S/C21H23N/c1-4-21(2,3)18-10-13-19(14-11-18)22-20-12-9-16-7-5-6-8-17(16)15-20/h5-15,22H,4H2,1-3H3. The summed E-state index contributed by atoms with van der Waals surface area (Å²) in [5.74, 6) is 0. The maximum Gasteiger partial charge on any atom is 0.0390 e. The minimum absolute atomic E-state index is 0.238. The molecule has 0 spiro atoms. The van der Waals surface area contributed by atoms with Crippen LogP contribution in [0, 0.1) is 0 Å². The van der Waals surface area contributed by atoms with Crippen molar-refractivity contribution >= 4 is 22.1 Å². The van der Waals surface area contributed by atoms with E-state index in [4.69, 9.17) is 0 Å². The predicted molar refractivity (Wildman–Crippen MR) is 97.0 cm³/mol. The van der Waals surface area contributed by atoms with Crippen LogP contribution in [-0.4, -0.2) is 0 Å². The third kappa shape index (κ3) is 2.99. The van der Waals surface area contributed by atoms with Gasteiger partial charge in [0.15, 0.2) is 0 Å². The Labute approximate surface area is 133 Å². The average Bonchev–Trinajstić information content (AvgIpc) is 2.55. The Hall–Kier alpha value is -2.28. The number of fused-ring (bicyclic) bond motifs is 1. The van der Waals surface area contributed by atoms with E-state index in [1.54, 1.807) is 0 Å². The van der Waals surface area contributed by atoms with E-state index < -0.39 is 0 Å². The molecule has 0 saturated heterocycles. The molecule has 0 bridgehead atoms. The Bertz CT molecular complexity index is 769. The number of hydrogen-bond acceptors (Lipinski definition) is 1. The van der Waals surface area contributed by atoms with Gasteiger partial charge in [0.2, 0.25) is 0 Å². The zero-order valence-corrected chi connectivity index (χ0v) is 13.6. The van der Waals surface area contributed by atoms with Crippen LogP contribution in [0.1, 0.15) is 32.8 Å². The van der Waals surface area contributed by atoms with E-state index in [0.717, 1.165) is 17.8 Å². The van der Waals surface area contributed by atoms with Gasteiger partial charge in [0.25, 0.3) is 0 Å². The second-order valence-electron chi connectivity index (χ2n) is 6.50. The van der Waals surface area contributed by atoms with Crippen LogP contribution in [0.15, 0.2) is 66.7 Å². The maximum absolute atomic E-state index is 3.49. The third-order valence-electron chi connectivity index (χ3n) is 4.59. The topological polar surface area (TPSA) is 12.0 Å². The van der Waals surface area contributed by atoms with E-state index in [1.165, 1.54) is 16.3 Å². The minimum atomic E-state index is 0.238. The van der Waals surface area contributed by atoms with Crippen LogP contribution >= 0.6 is 0 Å². The lowest BCUT2D eigenvalue weighted by atomic mass is 9.82. The molecule has 0 amide bonds. The van der Waals surface area contributed by atoms with Crippen LogP contribution in [0.2, 0.25) is 0 Å². The Balaban J connectivity index is 1.82. The lowest BCUT2D eigenvalue weighted by Gasteiger charge is -2.23. The molecule has 0 atom stereocenters. The van der Waals surface area contributed by atoms with Gasteiger partial charge in [-0.2, -0.15) is 0 Å². The molecular weight excluding hydrogens is 266 g/mol. The molecule has 1 heteroatoms. The van der Waals surface area contributed by atoms with Gasteiger partial charge >= 0.3 is 0 Å². The Morgan fingerprint density at radius 2 is 1.41 bits per heavy atom. The van der Waals surface area contributed by atoms with Crippen molar-refractivity contribution in [2.75, 3.05) is 5.32 Å². The number of hydrogen-bond donors (Lipinski definition) is 1. The molecule has 0 radical (unpaired) electrons. The van der Waals surface area contributed by atoms with Crippen molar-refractivity contribution in [2.45, 2.75) is 32.6 Å². The highest BCUT2D eigenvalue weighted by atomic mass is 14.9. The van der Waals surface area contributed by atoms with Gasteiger partial charge < -0.3 is 5.32 Å². The molecule has 0 aliphatic rings. The molecule has 0 fully saturated rings. The van der Waals surface area contributed by atoms with Crippen molar-refractivity contribution in [3.05, 3.63) is 72.3 Å². The van der Waals surface area contributed by atoms with Crippen LogP contribution in [0.25, 0.3) is 10.8 Å². The molecule has 0 aliphatic carbocycles. The van der Waals surface area contributed by atoms with E-state index in [1.807, 2.05) is 0 Å². The third-order valence-corrected chi connectivity index (χ3v) is 4.59. The van der Waals surface area contributed by atoms with Gasteiger partial charge in [-0.05, 0) is 52.4 Å². The largest absolute Gasteiger partial charge is 0.356 e. The van der Waals surface area contributed by atoms with E-state index in [-0.39, 0.29) is 5.41 Å². The van der Waals surface area contributed by atoms with Crippen LogP contribution in [0.3, 0.4) is 0 Å². The van der Waals surface area contributed by atoms with Gasteiger partial charge in [-0.3, -0.25) is 0 Å². The van der Waals surface area contributed by atoms with Crippen molar-refractivity contribution in [1.82, 2.24) is 0 Å². The summed E-state index contributed by atoms with van der Waals surface area (Å²) in [5.41, 5.74) is 3.88. The molecule has 3 rings (SSSR count). The first-order valence-electron chi connectivity index (χ1n) is 7.95. The summed E-state index contributed by atoms with van der Waals surface area (Å²) >= 11 is 0. The van der Waals surface area contributed by atoms with Gasteiger partial charge in [0.05, 0.1) is 0 Å². The molecule has 0 aliphatic heterocycles. The number of rotatable bonds is 4. The van der Waals surface area contributed by atoms with Gasteiger partial charge in [-0.15, -0.1) is 0 Å². The summed E-state index contributed by atoms with van der Waals surface area (Å²) in [6, 6.07) is 23.7. The van der Waals surface area contributed by atoms with Crippen LogP contribution in [-0.2, 0) is 5.41 Å². The summed E-state index contributed by atoms with van der Waals surface area (Å²) in [4.78, 5) is 0. The van der Waals surface area contributed by atoms with Crippen molar-refractivity contribution in [1.29, 1.82) is 0 Å². The zero-order valence-electron chi connectivity index (χ0n) is 13.6. The van der Waals surface area contributed by atoms with E-state index >= 15 is 0 Å². The first-order valence-corrected chi connectivity index (χ1v) is 7.95. The Morgan fingerprint density at radius 1 is 0.773 bits per heavy atom. The summed E-state index contributed by atoms with van der Waals surface area (Å²) in [5, 5.41) is 6.02. The fraction of sp³-hybridized carbons (Fsp3) is 0.238. The van der Waals surface area contributed by atoms with Crippen LogP contribution in [0.5, 0.6) is 0 Å². The number of anilines is 2. The monoisotopic (exact) mass is 289 g/mol. The van der Waals surface area contributed by atoms with Gasteiger partial charge in [0.1, 0.15) is 0 Å². The minimum Gasteiger partial charge on any atom is -0.356 e. The highest BCUT2D eigenvalue weighted by molar-refractivity contribution is 5.86. The SMILES string of the molecule is CCC(C)(C)c1ccc(Nc2ccc3ccccc3c2)cc1. The van der Waals surface area contributed by atoms with Crippen molar-refractivity contribution in [2.24, 2.45) is 0 Å². The van der Waals surface area contributed by atoms with Gasteiger partial charge in [0, 0.05) is 11.4 Å². The molecule has 0 heterocycles. The highest BCUT2D eigenvalue weighted by Crippen LogP contribution is 2.28. The lowest BCUT2D eigenvalue weighted by molar-refractivity contribution is 0.506. The molecule has 1 nitrogen and oxygen atoms in total. The molecule has 112 valence electrons. The first-order chi connectivity index (χ1) is 10.6. The second-order valence-corrected chi connectivity index (χ2v) is 6.50. The highest BCUT2D eigenvalue weighted by Gasteiger charge is 2.17. The zero-order chi connectivity index (χ0) is 15.6. The molecule has 0 unspecified atom stereocenters. The molecule has 3 aromatic carbocycles. The first kappa shape index (κ1) is 14.6. The number of nitrogens with one attached hydrogen (secondary N) is 1.